The van der Waals surface area contributed by atoms with Gasteiger partial charge in [0.1, 0.15) is 0 Å². The van der Waals surface area contributed by atoms with Crippen LogP contribution in [0.4, 0.5) is 0 Å². The lowest BCUT2D eigenvalue weighted by Gasteiger charge is -2.39. The summed E-state index contributed by atoms with van der Waals surface area (Å²) in [4.78, 5) is 0. The van der Waals surface area contributed by atoms with Crippen LogP contribution in [0, 0.1) is 0 Å². The maximum Gasteiger partial charge on any atom is 0.0204 e. The summed E-state index contributed by atoms with van der Waals surface area (Å²) in [7, 11) is 0. The molecule has 1 N–H and O–H groups in total. The van der Waals surface area contributed by atoms with Crippen LogP contribution in [0.3, 0.4) is 0 Å². The molecule has 2 aromatic rings. The predicted molar refractivity (Wildman–Crippen MR) is 94.2 cm³/mol. The standard InChI is InChI=1S/C21H27N/c1-2-22-20(17-18-11-5-3-6-12-18)21(15-9-10-16-21)19-13-7-4-8-14-19/h3-8,11-14,20,22H,2,9-10,15-17H2,1H3. The van der Waals surface area contributed by atoms with Gasteiger partial charge >= 0.3 is 0 Å². The first kappa shape index (κ1) is 15.3. The van der Waals surface area contributed by atoms with Crippen LogP contribution in [0.25, 0.3) is 0 Å². The maximum absolute atomic E-state index is 3.81. The second kappa shape index (κ2) is 7.11. The Bertz CT molecular complexity index is 555. The summed E-state index contributed by atoms with van der Waals surface area (Å²) in [6.07, 6.45) is 6.43. The van der Waals surface area contributed by atoms with Gasteiger partial charge < -0.3 is 5.32 Å². The molecule has 1 aliphatic carbocycles. The van der Waals surface area contributed by atoms with E-state index in [1.807, 2.05) is 0 Å². The number of rotatable bonds is 6. The Hall–Kier alpha value is -1.60. The van der Waals surface area contributed by atoms with Crippen molar-refractivity contribution in [3.63, 3.8) is 0 Å². The smallest absolute Gasteiger partial charge is 0.0204 e. The van der Waals surface area contributed by atoms with Gasteiger partial charge in [-0.05, 0) is 36.9 Å². The lowest BCUT2D eigenvalue weighted by Crippen LogP contribution is -2.48. The number of hydrogen-bond acceptors (Lipinski definition) is 1. The Balaban J connectivity index is 1.93. The van der Waals surface area contributed by atoms with Gasteiger partial charge in [0.15, 0.2) is 0 Å². The van der Waals surface area contributed by atoms with Crippen molar-refractivity contribution >= 4 is 0 Å². The molecule has 1 unspecified atom stereocenters. The van der Waals surface area contributed by atoms with Gasteiger partial charge in [-0.3, -0.25) is 0 Å². The molecular formula is C21H27N. The predicted octanol–water partition coefficient (Wildman–Crippen LogP) is 4.72. The number of hydrogen-bond donors (Lipinski definition) is 1. The third-order valence-electron chi connectivity index (χ3n) is 5.24. The first-order chi connectivity index (χ1) is 10.8. The van der Waals surface area contributed by atoms with Crippen molar-refractivity contribution in [2.24, 2.45) is 0 Å². The Morgan fingerprint density at radius 1 is 0.909 bits per heavy atom. The van der Waals surface area contributed by atoms with Gasteiger partial charge in [0, 0.05) is 11.5 Å². The molecule has 0 radical (unpaired) electrons. The molecule has 1 fully saturated rings. The van der Waals surface area contributed by atoms with Crippen LogP contribution < -0.4 is 5.32 Å². The lowest BCUT2D eigenvalue weighted by atomic mass is 9.71. The van der Waals surface area contributed by atoms with Gasteiger partial charge in [-0.2, -0.15) is 0 Å². The topological polar surface area (TPSA) is 12.0 Å². The van der Waals surface area contributed by atoms with Crippen molar-refractivity contribution in [2.45, 2.75) is 50.5 Å². The van der Waals surface area contributed by atoms with Crippen LogP contribution >= 0.6 is 0 Å². The minimum absolute atomic E-state index is 0.299. The van der Waals surface area contributed by atoms with Gasteiger partial charge in [-0.1, -0.05) is 80.4 Å². The highest BCUT2D eigenvalue weighted by molar-refractivity contribution is 5.31. The molecule has 1 nitrogen and oxygen atoms in total. The second-order valence-electron chi connectivity index (χ2n) is 6.53. The molecule has 0 saturated heterocycles. The quantitative estimate of drug-likeness (QED) is 0.812. The molecule has 22 heavy (non-hydrogen) atoms. The van der Waals surface area contributed by atoms with E-state index in [9.17, 15) is 0 Å². The Labute approximate surface area is 134 Å². The van der Waals surface area contributed by atoms with Crippen LogP contribution in [0.1, 0.15) is 43.7 Å². The molecular weight excluding hydrogens is 266 g/mol. The maximum atomic E-state index is 3.81. The van der Waals surface area contributed by atoms with E-state index >= 15 is 0 Å². The van der Waals surface area contributed by atoms with Crippen LogP contribution in [0.2, 0.25) is 0 Å². The van der Waals surface area contributed by atoms with E-state index in [2.05, 4.69) is 72.9 Å². The van der Waals surface area contributed by atoms with E-state index in [4.69, 9.17) is 0 Å². The van der Waals surface area contributed by atoms with Gasteiger partial charge in [0.05, 0.1) is 0 Å². The van der Waals surface area contributed by atoms with E-state index in [1.54, 1.807) is 0 Å². The fourth-order valence-electron chi connectivity index (χ4n) is 4.17. The molecule has 1 saturated carbocycles. The summed E-state index contributed by atoms with van der Waals surface area (Å²) < 4.78 is 0. The molecule has 1 heteroatoms. The summed E-state index contributed by atoms with van der Waals surface area (Å²) in [5, 5.41) is 3.81. The Kier molecular flexibility index (Phi) is 4.94. The zero-order valence-corrected chi connectivity index (χ0v) is 13.6. The molecule has 0 aliphatic heterocycles. The van der Waals surface area contributed by atoms with Crippen molar-refractivity contribution < 1.29 is 0 Å². The summed E-state index contributed by atoms with van der Waals surface area (Å²) >= 11 is 0. The first-order valence-electron chi connectivity index (χ1n) is 8.68. The SMILES string of the molecule is CCNC(Cc1ccccc1)C1(c2ccccc2)CCCC1. The van der Waals surface area contributed by atoms with Crippen molar-refractivity contribution in [3.8, 4) is 0 Å². The molecule has 0 amide bonds. The molecule has 3 rings (SSSR count). The van der Waals surface area contributed by atoms with Crippen molar-refractivity contribution in [1.29, 1.82) is 0 Å². The summed E-state index contributed by atoms with van der Waals surface area (Å²) in [5.74, 6) is 0. The lowest BCUT2D eigenvalue weighted by molar-refractivity contribution is 0.297. The molecule has 2 aromatic carbocycles. The average Bonchev–Trinajstić information content (AvgIpc) is 3.07. The van der Waals surface area contributed by atoms with E-state index in [-0.39, 0.29) is 0 Å². The second-order valence-corrected chi connectivity index (χ2v) is 6.53. The van der Waals surface area contributed by atoms with Crippen LogP contribution in [-0.4, -0.2) is 12.6 Å². The van der Waals surface area contributed by atoms with Crippen LogP contribution in [-0.2, 0) is 11.8 Å². The highest BCUT2D eigenvalue weighted by Gasteiger charge is 2.42. The molecule has 0 heterocycles. The number of nitrogens with one attached hydrogen (secondary N) is 1. The third-order valence-corrected chi connectivity index (χ3v) is 5.24. The highest BCUT2D eigenvalue weighted by atomic mass is 14.9. The van der Waals surface area contributed by atoms with Gasteiger partial charge in [-0.15, -0.1) is 0 Å². The Morgan fingerprint density at radius 3 is 2.09 bits per heavy atom. The van der Waals surface area contributed by atoms with Gasteiger partial charge in [0.2, 0.25) is 0 Å². The van der Waals surface area contributed by atoms with Crippen molar-refractivity contribution in [3.05, 3.63) is 71.8 Å². The van der Waals surface area contributed by atoms with Crippen molar-refractivity contribution in [2.75, 3.05) is 6.54 Å². The minimum atomic E-state index is 0.299. The van der Waals surface area contributed by atoms with Gasteiger partial charge in [-0.25, -0.2) is 0 Å². The fraction of sp³-hybridized carbons (Fsp3) is 0.429. The summed E-state index contributed by atoms with van der Waals surface area (Å²) in [5.41, 5.74) is 3.26. The summed E-state index contributed by atoms with van der Waals surface area (Å²) in [6.45, 7) is 3.26. The molecule has 116 valence electrons. The minimum Gasteiger partial charge on any atom is -0.313 e. The molecule has 0 aromatic heterocycles. The number of likely N-dealkylation sites (N-methyl/N-ethyl adjacent to an activating group) is 1. The van der Waals surface area contributed by atoms with Gasteiger partial charge in [0.25, 0.3) is 0 Å². The molecule has 0 bridgehead atoms. The largest absolute Gasteiger partial charge is 0.313 e. The van der Waals surface area contributed by atoms with E-state index in [1.165, 1.54) is 36.8 Å². The fourth-order valence-corrected chi connectivity index (χ4v) is 4.17. The normalized spacial score (nSPS) is 18.2. The van der Waals surface area contributed by atoms with E-state index < -0.39 is 0 Å². The first-order valence-corrected chi connectivity index (χ1v) is 8.68. The van der Waals surface area contributed by atoms with Crippen LogP contribution in [0.15, 0.2) is 60.7 Å². The summed E-state index contributed by atoms with van der Waals surface area (Å²) in [6, 6.07) is 22.6. The zero-order valence-electron chi connectivity index (χ0n) is 13.6. The van der Waals surface area contributed by atoms with E-state index in [0.717, 1.165) is 13.0 Å². The molecule has 0 spiro atoms. The highest BCUT2D eigenvalue weighted by Crippen LogP contribution is 2.44. The molecule has 1 aliphatic rings. The van der Waals surface area contributed by atoms with E-state index in [0.29, 0.717) is 11.5 Å². The monoisotopic (exact) mass is 293 g/mol. The van der Waals surface area contributed by atoms with Crippen molar-refractivity contribution in [1.82, 2.24) is 5.32 Å². The zero-order chi connectivity index (χ0) is 15.3. The van der Waals surface area contributed by atoms with Crippen LogP contribution in [0.5, 0.6) is 0 Å². The Morgan fingerprint density at radius 2 is 1.50 bits per heavy atom. The third kappa shape index (κ3) is 3.10. The average molecular weight is 293 g/mol. The molecule has 1 atom stereocenters. The number of benzene rings is 2.